The van der Waals surface area contributed by atoms with Crippen LogP contribution in [0.1, 0.15) is 25.7 Å². The van der Waals surface area contributed by atoms with Gasteiger partial charge in [0.1, 0.15) is 5.54 Å². The van der Waals surface area contributed by atoms with Crippen LogP contribution < -0.4 is 5.73 Å². The van der Waals surface area contributed by atoms with Crippen LogP contribution in [0.25, 0.3) is 0 Å². The molecule has 0 amide bonds. The van der Waals surface area contributed by atoms with Crippen molar-refractivity contribution in [2.45, 2.75) is 31.2 Å². The maximum absolute atomic E-state index is 10.7. The fourth-order valence-corrected chi connectivity index (χ4v) is 1.71. The fraction of sp³-hybridized carbons (Fsp3) is 0.750. The molecule has 4 N–H and O–H groups in total. The summed E-state index contributed by atoms with van der Waals surface area (Å²) >= 11 is 0. The number of nitrogens with two attached hydrogens (primary N) is 1. The number of rotatable bonds is 2. The van der Waals surface area contributed by atoms with E-state index in [2.05, 4.69) is 0 Å². The molecule has 1 fully saturated rings. The lowest BCUT2D eigenvalue weighted by Crippen LogP contribution is -2.52. The molecule has 0 bridgehead atoms. The molecule has 1 aliphatic carbocycles. The van der Waals surface area contributed by atoms with Crippen LogP contribution in [0.15, 0.2) is 0 Å². The molecule has 2 atom stereocenters. The van der Waals surface area contributed by atoms with Crippen LogP contribution in [-0.2, 0) is 9.59 Å². The molecule has 1 aliphatic rings. The summed E-state index contributed by atoms with van der Waals surface area (Å²) in [6.07, 6.45) is 1.51. The zero-order valence-electron chi connectivity index (χ0n) is 7.19. The maximum Gasteiger partial charge on any atom is 0.323 e. The molecule has 0 aliphatic heterocycles. The summed E-state index contributed by atoms with van der Waals surface area (Å²) in [5, 5.41) is 17.5. The number of hydrogen-bond acceptors (Lipinski definition) is 3. The summed E-state index contributed by atoms with van der Waals surface area (Å²) in [6, 6.07) is 0. The molecule has 0 heterocycles. The van der Waals surface area contributed by atoms with Gasteiger partial charge in [0.15, 0.2) is 0 Å². The Morgan fingerprint density at radius 1 is 1.38 bits per heavy atom. The molecule has 74 valence electrons. The maximum atomic E-state index is 10.7. The van der Waals surface area contributed by atoms with E-state index in [1.807, 2.05) is 0 Å². The first-order valence-electron chi connectivity index (χ1n) is 4.21. The highest BCUT2D eigenvalue weighted by molar-refractivity contribution is 5.80. The van der Waals surface area contributed by atoms with Crippen molar-refractivity contribution in [3.63, 3.8) is 0 Å². The highest BCUT2D eigenvalue weighted by atomic mass is 16.4. The zero-order chi connectivity index (χ0) is 10.1. The lowest BCUT2D eigenvalue weighted by molar-refractivity contribution is -0.149. The van der Waals surface area contributed by atoms with Gasteiger partial charge in [0.25, 0.3) is 0 Å². The van der Waals surface area contributed by atoms with Gasteiger partial charge in [-0.15, -0.1) is 0 Å². The number of hydrogen-bond donors (Lipinski definition) is 3. The van der Waals surface area contributed by atoms with Crippen LogP contribution in [0, 0.1) is 5.92 Å². The van der Waals surface area contributed by atoms with Gasteiger partial charge in [-0.05, 0) is 19.3 Å². The first-order chi connectivity index (χ1) is 5.96. The van der Waals surface area contributed by atoms with Crippen molar-refractivity contribution in [1.82, 2.24) is 0 Å². The predicted octanol–water partition coefficient (Wildman–Crippen LogP) is 0.0433. The Morgan fingerprint density at radius 2 is 2.00 bits per heavy atom. The second-order valence-electron chi connectivity index (χ2n) is 3.59. The van der Waals surface area contributed by atoms with E-state index in [0.717, 1.165) is 0 Å². The molecule has 1 rings (SSSR count). The van der Waals surface area contributed by atoms with E-state index in [0.29, 0.717) is 19.3 Å². The molecule has 0 radical (unpaired) electrons. The van der Waals surface area contributed by atoms with Gasteiger partial charge in [0.2, 0.25) is 0 Å². The first kappa shape index (κ1) is 9.98. The van der Waals surface area contributed by atoms with Crippen molar-refractivity contribution in [3.05, 3.63) is 0 Å². The Morgan fingerprint density at radius 3 is 2.46 bits per heavy atom. The number of carboxylic acids is 2. The monoisotopic (exact) mass is 187 g/mol. The molecule has 5 heteroatoms. The van der Waals surface area contributed by atoms with Crippen molar-refractivity contribution in [3.8, 4) is 0 Å². The van der Waals surface area contributed by atoms with Gasteiger partial charge >= 0.3 is 11.9 Å². The second-order valence-corrected chi connectivity index (χ2v) is 3.59. The molecular formula is C8H13NO4. The van der Waals surface area contributed by atoms with Gasteiger partial charge in [-0.1, -0.05) is 6.42 Å². The molecule has 13 heavy (non-hydrogen) atoms. The van der Waals surface area contributed by atoms with E-state index in [1.54, 1.807) is 0 Å². The van der Waals surface area contributed by atoms with E-state index in [-0.39, 0.29) is 6.42 Å². The van der Waals surface area contributed by atoms with Gasteiger partial charge < -0.3 is 15.9 Å². The van der Waals surface area contributed by atoms with Crippen molar-refractivity contribution in [1.29, 1.82) is 0 Å². The third-order valence-corrected chi connectivity index (χ3v) is 2.56. The number of aliphatic carboxylic acids is 2. The van der Waals surface area contributed by atoms with Gasteiger partial charge in [-0.25, -0.2) is 0 Å². The third kappa shape index (κ3) is 1.98. The molecule has 0 spiro atoms. The van der Waals surface area contributed by atoms with Crippen LogP contribution in [0.4, 0.5) is 0 Å². The van der Waals surface area contributed by atoms with E-state index >= 15 is 0 Å². The lowest BCUT2D eigenvalue weighted by atomic mass is 9.76. The topological polar surface area (TPSA) is 101 Å². The molecule has 5 nitrogen and oxygen atoms in total. The van der Waals surface area contributed by atoms with Crippen LogP contribution in [0.2, 0.25) is 0 Å². The Hall–Kier alpha value is -1.10. The summed E-state index contributed by atoms with van der Waals surface area (Å²) in [4.78, 5) is 21.3. The smallest absolute Gasteiger partial charge is 0.323 e. The minimum absolute atomic E-state index is 0.0394. The Bertz CT molecular complexity index is 240. The van der Waals surface area contributed by atoms with E-state index < -0.39 is 23.4 Å². The van der Waals surface area contributed by atoms with Gasteiger partial charge in [-0.3, -0.25) is 9.59 Å². The van der Waals surface area contributed by atoms with Crippen LogP contribution in [-0.4, -0.2) is 27.7 Å². The third-order valence-electron chi connectivity index (χ3n) is 2.56. The Labute approximate surface area is 75.5 Å². The Balaban J connectivity index is 2.71. The van der Waals surface area contributed by atoms with Crippen molar-refractivity contribution < 1.29 is 19.8 Å². The minimum Gasteiger partial charge on any atom is -0.481 e. The molecule has 2 unspecified atom stereocenters. The van der Waals surface area contributed by atoms with E-state index in [4.69, 9.17) is 15.9 Å². The second kappa shape index (κ2) is 3.33. The van der Waals surface area contributed by atoms with Crippen molar-refractivity contribution in [2.24, 2.45) is 11.7 Å². The minimum atomic E-state index is -1.33. The largest absolute Gasteiger partial charge is 0.481 e. The van der Waals surface area contributed by atoms with Gasteiger partial charge in [0.05, 0.1) is 5.92 Å². The fourth-order valence-electron chi connectivity index (χ4n) is 1.71. The van der Waals surface area contributed by atoms with E-state index in [1.165, 1.54) is 0 Å². The van der Waals surface area contributed by atoms with E-state index in [9.17, 15) is 9.59 Å². The predicted molar refractivity (Wildman–Crippen MR) is 44.1 cm³/mol. The lowest BCUT2D eigenvalue weighted by Gasteiger charge is -2.32. The zero-order valence-corrected chi connectivity index (χ0v) is 7.19. The van der Waals surface area contributed by atoms with Crippen LogP contribution in [0.3, 0.4) is 0 Å². The highest BCUT2D eigenvalue weighted by Crippen LogP contribution is 2.30. The average Bonchev–Trinajstić information content (AvgIpc) is 2.04. The van der Waals surface area contributed by atoms with Gasteiger partial charge in [0, 0.05) is 0 Å². The Kier molecular flexibility index (Phi) is 2.56. The molecule has 1 saturated carbocycles. The first-order valence-corrected chi connectivity index (χ1v) is 4.21. The van der Waals surface area contributed by atoms with Crippen LogP contribution in [0.5, 0.6) is 0 Å². The standard InChI is InChI=1S/C8H13NO4/c9-8(7(12)13)3-1-2-5(4-8)6(10)11/h5H,1-4,9H2,(H,10,11)(H,12,13). The molecule has 0 aromatic heterocycles. The normalized spacial score (nSPS) is 34.1. The quantitative estimate of drug-likeness (QED) is 0.566. The summed E-state index contributed by atoms with van der Waals surface area (Å²) in [6.45, 7) is 0. The summed E-state index contributed by atoms with van der Waals surface area (Å²) in [7, 11) is 0. The summed E-state index contributed by atoms with van der Waals surface area (Å²) in [5.41, 5.74) is 4.24. The SMILES string of the molecule is NC1(C(=O)O)CCCC(C(=O)O)C1. The van der Waals surface area contributed by atoms with Gasteiger partial charge in [-0.2, -0.15) is 0 Å². The highest BCUT2D eigenvalue weighted by Gasteiger charge is 2.41. The van der Waals surface area contributed by atoms with Crippen molar-refractivity contribution >= 4 is 11.9 Å². The molecular weight excluding hydrogens is 174 g/mol. The molecule has 0 aromatic rings. The molecule has 0 saturated heterocycles. The average molecular weight is 187 g/mol. The van der Waals surface area contributed by atoms with Crippen LogP contribution >= 0.6 is 0 Å². The summed E-state index contributed by atoms with van der Waals surface area (Å²) < 4.78 is 0. The molecule has 0 aromatic carbocycles. The number of carbonyl (C=O) groups is 2. The number of carboxylic acid groups (broad SMARTS) is 2. The summed E-state index contributed by atoms with van der Waals surface area (Å²) in [5.74, 6) is -2.65. The van der Waals surface area contributed by atoms with Crippen molar-refractivity contribution in [2.75, 3.05) is 0 Å².